The van der Waals surface area contributed by atoms with E-state index in [2.05, 4.69) is 42.0 Å². The highest BCUT2D eigenvalue weighted by Gasteiger charge is 2.48. The SMILES string of the molecule is CS(=O)(=O)N1CC2CC1CC2Nc1nonc1C(=NO)Nc1ccc(F)c(Br)c1. The Morgan fingerprint density at radius 2 is 2.21 bits per heavy atom. The largest absolute Gasteiger partial charge is 0.409 e. The predicted molar refractivity (Wildman–Crippen MR) is 106 cm³/mol. The van der Waals surface area contributed by atoms with Crippen LogP contribution in [0.3, 0.4) is 0 Å². The van der Waals surface area contributed by atoms with E-state index in [0.717, 1.165) is 6.42 Å². The summed E-state index contributed by atoms with van der Waals surface area (Å²) in [6, 6.07) is 4.16. The Labute approximate surface area is 174 Å². The van der Waals surface area contributed by atoms with E-state index in [-0.39, 0.29) is 39.8 Å². The minimum Gasteiger partial charge on any atom is -0.409 e. The van der Waals surface area contributed by atoms with Crippen LogP contribution in [0, 0.1) is 11.7 Å². The third kappa shape index (κ3) is 3.94. The summed E-state index contributed by atoms with van der Waals surface area (Å²) in [4.78, 5) is 0. The van der Waals surface area contributed by atoms with Gasteiger partial charge in [-0.15, -0.1) is 0 Å². The molecule has 10 nitrogen and oxygen atoms in total. The van der Waals surface area contributed by atoms with Gasteiger partial charge in [0, 0.05) is 24.3 Å². The number of aromatic nitrogens is 2. The fourth-order valence-corrected chi connectivity index (χ4v) is 5.51. The van der Waals surface area contributed by atoms with Gasteiger partial charge in [-0.1, -0.05) is 5.16 Å². The molecule has 2 aliphatic rings. The second kappa shape index (κ2) is 7.54. The van der Waals surface area contributed by atoms with Crippen LogP contribution in [0.2, 0.25) is 0 Å². The first-order valence-electron chi connectivity index (χ1n) is 8.76. The molecule has 3 unspecified atom stereocenters. The Kier molecular flexibility index (Phi) is 5.21. The zero-order valence-electron chi connectivity index (χ0n) is 15.2. The molecule has 1 saturated heterocycles. The maximum Gasteiger partial charge on any atom is 0.211 e. The number of nitrogens with one attached hydrogen (secondary N) is 2. The maximum atomic E-state index is 13.4. The average molecular weight is 489 g/mol. The smallest absolute Gasteiger partial charge is 0.211 e. The molecule has 0 radical (unpaired) electrons. The summed E-state index contributed by atoms with van der Waals surface area (Å²) in [5.74, 6) is -0.0548. The average Bonchev–Trinajstić information content (AvgIpc) is 3.38. The molecular weight excluding hydrogens is 471 g/mol. The van der Waals surface area contributed by atoms with Gasteiger partial charge in [0.15, 0.2) is 5.69 Å². The molecule has 29 heavy (non-hydrogen) atoms. The number of sulfonamides is 1. The molecule has 156 valence electrons. The van der Waals surface area contributed by atoms with E-state index in [1.54, 1.807) is 0 Å². The molecule has 3 N–H and O–H groups in total. The van der Waals surface area contributed by atoms with E-state index in [0.29, 0.717) is 18.7 Å². The highest BCUT2D eigenvalue weighted by Crippen LogP contribution is 2.40. The van der Waals surface area contributed by atoms with Crippen LogP contribution in [-0.4, -0.2) is 59.0 Å². The van der Waals surface area contributed by atoms with Gasteiger partial charge >= 0.3 is 0 Å². The number of fused-ring (bicyclic) bond motifs is 2. The van der Waals surface area contributed by atoms with Gasteiger partial charge in [0.05, 0.1) is 10.7 Å². The lowest BCUT2D eigenvalue weighted by Gasteiger charge is -2.30. The Morgan fingerprint density at radius 3 is 2.83 bits per heavy atom. The van der Waals surface area contributed by atoms with Crippen molar-refractivity contribution >= 4 is 43.3 Å². The lowest BCUT2D eigenvalue weighted by Crippen LogP contribution is -2.43. The molecule has 1 saturated carbocycles. The monoisotopic (exact) mass is 488 g/mol. The van der Waals surface area contributed by atoms with E-state index in [1.165, 1.54) is 28.8 Å². The van der Waals surface area contributed by atoms with Crippen molar-refractivity contribution in [3.63, 3.8) is 0 Å². The van der Waals surface area contributed by atoms with E-state index >= 15 is 0 Å². The predicted octanol–water partition coefficient (Wildman–Crippen LogP) is 2.05. The van der Waals surface area contributed by atoms with Gasteiger partial charge in [0.1, 0.15) is 5.82 Å². The van der Waals surface area contributed by atoms with Crippen molar-refractivity contribution in [1.29, 1.82) is 0 Å². The number of hydrogen-bond acceptors (Lipinski definition) is 8. The molecule has 1 aliphatic carbocycles. The number of halogens is 2. The molecule has 2 bridgehead atoms. The molecule has 1 aromatic carbocycles. The van der Waals surface area contributed by atoms with Crippen LogP contribution >= 0.6 is 15.9 Å². The minimum absolute atomic E-state index is 0.0106. The number of anilines is 2. The van der Waals surface area contributed by atoms with Crippen molar-refractivity contribution in [1.82, 2.24) is 14.6 Å². The standard InChI is InChI=1S/C16H18BrFN6O4S/c1-29(26,27)24-7-8-4-10(24)6-13(8)20-16-14(22-28-23-16)15(21-25)19-9-2-3-12(18)11(17)5-9/h2-3,5,8,10,13,25H,4,6-7H2,1H3,(H,19,21)(H,20,23). The molecule has 0 spiro atoms. The second-order valence-corrected chi connectivity index (χ2v) is 9.92. The van der Waals surface area contributed by atoms with Crippen LogP contribution in [0.5, 0.6) is 0 Å². The summed E-state index contributed by atoms with van der Waals surface area (Å²) in [6.07, 6.45) is 2.63. The fraction of sp³-hybridized carbons (Fsp3) is 0.438. The van der Waals surface area contributed by atoms with Gasteiger partial charge in [-0.05, 0) is 63.2 Å². The fourth-order valence-electron chi connectivity index (χ4n) is 3.95. The molecule has 0 amide bonds. The van der Waals surface area contributed by atoms with Gasteiger partial charge in [-0.25, -0.2) is 17.4 Å². The number of oxime groups is 1. The van der Waals surface area contributed by atoms with Crippen LogP contribution < -0.4 is 10.6 Å². The molecule has 4 rings (SSSR count). The van der Waals surface area contributed by atoms with Crippen LogP contribution in [-0.2, 0) is 10.0 Å². The van der Waals surface area contributed by atoms with Crippen LogP contribution in [0.1, 0.15) is 18.5 Å². The van der Waals surface area contributed by atoms with Crippen LogP contribution in [0.25, 0.3) is 0 Å². The Hall–Kier alpha value is -2.25. The minimum atomic E-state index is -3.22. The second-order valence-electron chi connectivity index (χ2n) is 7.13. The number of amidine groups is 1. The summed E-state index contributed by atoms with van der Waals surface area (Å²) in [6.45, 7) is 0.449. The molecule has 2 heterocycles. The summed E-state index contributed by atoms with van der Waals surface area (Å²) in [5, 5.41) is 26.3. The van der Waals surface area contributed by atoms with Gasteiger partial charge in [-0.2, -0.15) is 4.31 Å². The van der Waals surface area contributed by atoms with Crippen molar-refractivity contribution < 1.29 is 22.6 Å². The number of hydrogen-bond donors (Lipinski definition) is 3. The molecule has 1 aliphatic heterocycles. The first-order chi connectivity index (χ1) is 13.8. The number of piperidine rings is 1. The molecule has 2 fully saturated rings. The van der Waals surface area contributed by atoms with Crippen LogP contribution in [0.15, 0.2) is 32.5 Å². The Bertz CT molecular complexity index is 1060. The van der Waals surface area contributed by atoms with Crippen molar-refractivity contribution in [2.75, 3.05) is 23.4 Å². The third-order valence-electron chi connectivity index (χ3n) is 5.23. The van der Waals surface area contributed by atoms with E-state index in [4.69, 9.17) is 4.63 Å². The zero-order chi connectivity index (χ0) is 20.8. The maximum absolute atomic E-state index is 13.4. The topological polar surface area (TPSA) is 133 Å². The Balaban J connectivity index is 1.48. The van der Waals surface area contributed by atoms with Crippen molar-refractivity contribution in [2.24, 2.45) is 11.1 Å². The van der Waals surface area contributed by atoms with Crippen molar-refractivity contribution in [3.05, 3.63) is 34.2 Å². The lowest BCUT2D eigenvalue weighted by atomic mass is 10.0. The Morgan fingerprint density at radius 1 is 1.41 bits per heavy atom. The highest BCUT2D eigenvalue weighted by atomic mass is 79.9. The normalized spacial score (nSPS) is 24.8. The van der Waals surface area contributed by atoms with Gasteiger partial charge < -0.3 is 15.8 Å². The first-order valence-corrected chi connectivity index (χ1v) is 11.4. The summed E-state index contributed by atoms with van der Waals surface area (Å²) in [7, 11) is -3.22. The third-order valence-corrected chi connectivity index (χ3v) is 7.14. The molecule has 13 heteroatoms. The van der Waals surface area contributed by atoms with Gasteiger partial charge in [0.25, 0.3) is 0 Å². The summed E-state index contributed by atoms with van der Waals surface area (Å²) < 4.78 is 43.7. The van der Waals surface area contributed by atoms with E-state index in [9.17, 15) is 18.0 Å². The van der Waals surface area contributed by atoms with Gasteiger partial charge in [-0.3, -0.25) is 0 Å². The molecular formula is C16H18BrFN6O4S. The first kappa shape index (κ1) is 20.0. The molecule has 1 aromatic heterocycles. The zero-order valence-corrected chi connectivity index (χ0v) is 17.6. The summed E-state index contributed by atoms with van der Waals surface area (Å²) >= 11 is 3.09. The lowest BCUT2D eigenvalue weighted by molar-refractivity contribution is 0.302. The van der Waals surface area contributed by atoms with Gasteiger partial charge in [0.2, 0.25) is 21.7 Å². The molecule has 3 atom stereocenters. The van der Waals surface area contributed by atoms with Crippen molar-refractivity contribution in [2.45, 2.75) is 24.9 Å². The highest BCUT2D eigenvalue weighted by molar-refractivity contribution is 9.10. The number of nitrogens with zero attached hydrogens (tertiary/aromatic N) is 4. The van der Waals surface area contributed by atoms with Crippen molar-refractivity contribution in [3.8, 4) is 0 Å². The molecule has 2 aromatic rings. The number of benzene rings is 1. The quantitative estimate of drug-likeness (QED) is 0.252. The van der Waals surface area contributed by atoms with E-state index < -0.39 is 15.8 Å². The number of rotatable bonds is 5. The van der Waals surface area contributed by atoms with Crippen LogP contribution in [0.4, 0.5) is 15.9 Å². The van der Waals surface area contributed by atoms with E-state index in [1.807, 2.05) is 0 Å². The summed E-state index contributed by atoms with van der Waals surface area (Å²) in [5.41, 5.74) is 0.611.